The summed E-state index contributed by atoms with van der Waals surface area (Å²) in [6.07, 6.45) is -4.13. The predicted molar refractivity (Wildman–Crippen MR) is 117 cm³/mol. The molecule has 0 spiro atoms. The number of hydrogen-bond donors (Lipinski definition) is 1. The summed E-state index contributed by atoms with van der Waals surface area (Å²) in [6.45, 7) is 0.545. The van der Waals surface area contributed by atoms with Gasteiger partial charge in [-0.15, -0.1) is 0 Å². The zero-order valence-corrected chi connectivity index (χ0v) is 17.4. The van der Waals surface area contributed by atoms with Crippen LogP contribution < -0.4 is 15.2 Å². The van der Waals surface area contributed by atoms with Gasteiger partial charge in [-0.3, -0.25) is 0 Å². The van der Waals surface area contributed by atoms with Gasteiger partial charge in [0.1, 0.15) is 18.1 Å². The van der Waals surface area contributed by atoms with Crippen molar-refractivity contribution in [3.8, 4) is 11.5 Å². The highest BCUT2D eigenvalue weighted by Crippen LogP contribution is 2.32. The summed E-state index contributed by atoms with van der Waals surface area (Å²) >= 11 is 0. The van der Waals surface area contributed by atoms with Crippen molar-refractivity contribution in [2.75, 3.05) is 12.8 Å². The summed E-state index contributed by atoms with van der Waals surface area (Å²) in [6, 6.07) is 19.5. The Kier molecular flexibility index (Phi) is 5.94. The molecule has 0 aliphatic rings. The van der Waals surface area contributed by atoms with E-state index in [0.717, 1.165) is 16.9 Å². The van der Waals surface area contributed by atoms with Gasteiger partial charge in [0.05, 0.1) is 18.1 Å². The Labute approximate surface area is 183 Å². The smallest absolute Gasteiger partial charge is 0.449 e. The number of aryl methyl sites for hydroxylation is 2. The lowest BCUT2D eigenvalue weighted by Crippen LogP contribution is -2.16. The van der Waals surface area contributed by atoms with Gasteiger partial charge in [0.25, 0.3) is 0 Å². The van der Waals surface area contributed by atoms with Gasteiger partial charge in [-0.1, -0.05) is 24.3 Å². The lowest BCUT2D eigenvalue weighted by Gasteiger charge is -2.12. The highest BCUT2D eigenvalue weighted by atomic mass is 19.4. The van der Waals surface area contributed by atoms with Crippen molar-refractivity contribution >= 4 is 16.7 Å². The molecule has 4 rings (SSSR count). The van der Waals surface area contributed by atoms with Gasteiger partial charge in [-0.2, -0.15) is 13.2 Å². The first-order chi connectivity index (χ1) is 15.3. The Balaban J connectivity index is 1.43. The zero-order chi connectivity index (χ0) is 22.7. The molecule has 0 unspecified atom stereocenters. The molecule has 1 heterocycles. The fourth-order valence-corrected chi connectivity index (χ4v) is 3.47. The number of anilines is 1. The molecule has 8 heteroatoms. The predicted octanol–water partition coefficient (Wildman–Crippen LogP) is 5.47. The van der Waals surface area contributed by atoms with Gasteiger partial charge in [0.2, 0.25) is 5.82 Å². The topological polar surface area (TPSA) is 62.3 Å². The Hall–Kier alpha value is -3.68. The quantitative estimate of drug-likeness (QED) is 0.387. The normalized spacial score (nSPS) is 11.6. The van der Waals surface area contributed by atoms with Crippen LogP contribution in [0.1, 0.15) is 17.0 Å². The molecule has 0 atom stereocenters. The van der Waals surface area contributed by atoms with Crippen LogP contribution in [0.25, 0.3) is 11.0 Å². The molecular weight excluding hydrogens is 419 g/mol. The van der Waals surface area contributed by atoms with Crippen molar-refractivity contribution in [3.63, 3.8) is 0 Å². The summed E-state index contributed by atoms with van der Waals surface area (Å²) in [7, 11) is 1.61. The lowest BCUT2D eigenvalue weighted by atomic mass is 10.1. The van der Waals surface area contributed by atoms with E-state index in [0.29, 0.717) is 30.0 Å². The summed E-state index contributed by atoms with van der Waals surface area (Å²) in [5.74, 6) is 0.544. The van der Waals surface area contributed by atoms with Crippen LogP contribution in [0.15, 0.2) is 66.7 Å². The van der Waals surface area contributed by atoms with E-state index in [1.807, 2.05) is 48.5 Å². The number of nitrogen functional groups attached to an aromatic ring is 1. The molecule has 0 radical (unpaired) electrons. The number of methoxy groups -OCH3 is 1. The number of nitrogens with zero attached hydrogens (tertiary/aromatic N) is 2. The molecule has 1 aromatic heterocycles. The standard InChI is InChI=1S/C24H22F3N3O2/c1-31-19-7-4-17(5-8-19)15-32-20-9-2-16(3-10-20)12-13-30-22-11-6-18(28)14-21(22)29-23(30)24(25,26)27/h2-11,14H,12-13,15,28H2,1H3. The van der Waals surface area contributed by atoms with Gasteiger partial charge >= 0.3 is 6.18 Å². The molecule has 0 aliphatic heterocycles. The fraction of sp³-hybridized carbons (Fsp3) is 0.208. The molecular formula is C24H22F3N3O2. The molecule has 2 N–H and O–H groups in total. The van der Waals surface area contributed by atoms with E-state index in [1.165, 1.54) is 10.6 Å². The van der Waals surface area contributed by atoms with E-state index in [4.69, 9.17) is 15.2 Å². The molecule has 5 nitrogen and oxygen atoms in total. The number of aromatic nitrogens is 2. The highest BCUT2D eigenvalue weighted by molar-refractivity contribution is 5.79. The van der Waals surface area contributed by atoms with Crippen molar-refractivity contribution < 1.29 is 22.6 Å². The highest BCUT2D eigenvalue weighted by Gasteiger charge is 2.37. The SMILES string of the molecule is COc1ccc(COc2ccc(CCn3c(C(F)(F)F)nc4cc(N)ccc43)cc2)cc1. The molecule has 3 aromatic carbocycles. The maximum absolute atomic E-state index is 13.5. The average Bonchev–Trinajstić information content (AvgIpc) is 3.15. The van der Waals surface area contributed by atoms with Crippen LogP contribution in [0, 0.1) is 0 Å². The first kappa shape index (κ1) is 21.5. The molecule has 0 saturated carbocycles. The largest absolute Gasteiger partial charge is 0.497 e. The Morgan fingerprint density at radius 1 is 0.906 bits per heavy atom. The van der Waals surface area contributed by atoms with Gasteiger partial charge in [0, 0.05) is 12.2 Å². The maximum atomic E-state index is 13.5. The summed E-state index contributed by atoms with van der Waals surface area (Å²) in [4.78, 5) is 3.77. The van der Waals surface area contributed by atoms with Crippen LogP contribution in [-0.2, 0) is 25.7 Å². The number of hydrogen-bond acceptors (Lipinski definition) is 4. The molecule has 0 bridgehead atoms. The zero-order valence-electron chi connectivity index (χ0n) is 17.4. The number of alkyl halides is 3. The summed E-state index contributed by atoms with van der Waals surface area (Å²) in [5.41, 5.74) is 8.62. The third-order valence-corrected chi connectivity index (χ3v) is 5.14. The lowest BCUT2D eigenvalue weighted by molar-refractivity contribution is -0.146. The molecule has 0 saturated heterocycles. The van der Waals surface area contributed by atoms with Gasteiger partial charge in [-0.25, -0.2) is 4.98 Å². The third kappa shape index (κ3) is 4.80. The Bertz CT molecular complexity index is 1200. The van der Waals surface area contributed by atoms with E-state index >= 15 is 0 Å². The first-order valence-electron chi connectivity index (χ1n) is 10.0. The van der Waals surface area contributed by atoms with E-state index < -0.39 is 12.0 Å². The van der Waals surface area contributed by atoms with Crippen LogP contribution in [0.2, 0.25) is 0 Å². The van der Waals surface area contributed by atoms with Gasteiger partial charge < -0.3 is 19.8 Å². The van der Waals surface area contributed by atoms with Crippen molar-refractivity contribution in [1.82, 2.24) is 9.55 Å². The second kappa shape index (κ2) is 8.82. The van der Waals surface area contributed by atoms with Crippen molar-refractivity contribution in [2.45, 2.75) is 25.7 Å². The van der Waals surface area contributed by atoms with E-state index in [9.17, 15) is 13.2 Å². The second-order valence-corrected chi connectivity index (χ2v) is 7.36. The number of ether oxygens (including phenoxy) is 2. The van der Waals surface area contributed by atoms with Crippen LogP contribution >= 0.6 is 0 Å². The monoisotopic (exact) mass is 441 g/mol. The Morgan fingerprint density at radius 2 is 1.56 bits per heavy atom. The number of halogens is 3. The van der Waals surface area contributed by atoms with E-state index in [-0.39, 0.29) is 12.1 Å². The van der Waals surface area contributed by atoms with E-state index in [2.05, 4.69) is 4.98 Å². The summed E-state index contributed by atoms with van der Waals surface area (Å²) in [5, 5.41) is 0. The molecule has 0 aliphatic carbocycles. The van der Waals surface area contributed by atoms with E-state index in [1.54, 1.807) is 19.2 Å². The third-order valence-electron chi connectivity index (χ3n) is 5.14. The number of imidazole rings is 1. The molecule has 166 valence electrons. The molecule has 0 amide bonds. The van der Waals surface area contributed by atoms with Gasteiger partial charge in [0.15, 0.2) is 0 Å². The minimum Gasteiger partial charge on any atom is -0.497 e. The minimum atomic E-state index is -4.55. The fourth-order valence-electron chi connectivity index (χ4n) is 3.47. The number of fused-ring (bicyclic) bond motifs is 1. The summed E-state index contributed by atoms with van der Waals surface area (Å²) < 4.78 is 52.6. The van der Waals surface area contributed by atoms with Gasteiger partial charge in [-0.05, 0) is 60.0 Å². The molecule has 0 fully saturated rings. The maximum Gasteiger partial charge on any atom is 0.449 e. The minimum absolute atomic E-state index is 0.140. The Morgan fingerprint density at radius 3 is 2.22 bits per heavy atom. The van der Waals surface area contributed by atoms with Crippen LogP contribution in [0.3, 0.4) is 0 Å². The molecule has 4 aromatic rings. The van der Waals surface area contributed by atoms with Crippen molar-refractivity contribution in [2.24, 2.45) is 0 Å². The number of rotatable bonds is 7. The van der Waals surface area contributed by atoms with Crippen LogP contribution in [0.4, 0.5) is 18.9 Å². The average molecular weight is 441 g/mol. The number of benzene rings is 3. The first-order valence-corrected chi connectivity index (χ1v) is 10.0. The molecule has 32 heavy (non-hydrogen) atoms. The second-order valence-electron chi connectivity index (χ2n) is 7.36. The van der Waals surface area contributed by atoms with Crippen LogP contribution in [0.5, 0.6) is 11.5 Å². The van der Waals surface area contributed by atoms with Crippen molar-refractivity contribution in [1.29, 1.82) is 0 Å². The van der Waals surface area contributed by atoms with Crippen LogP contribution in [-0.4, -0.2) is 16.7 Å². The van der Waals surface area contributed by atoms with Crippen molar-refractivity contribution in [3.05, 3.63) is 83.7 Å². The number of nitrogens with two attached hydrogens (primary N) is 1.